The van der Waals surface area contributed by atoms with Crippen LogP contribution in [0.1, 0.15) is 50.1 Å². The Hall–Kier alpha value is -12.4. The van der Waals surface area contributed by atoms with Crippen LogP contribution in [-0.2, 0) is 34.4 Å². The van der Waals surface area contributed by atoms with E-state index in [2.05, 4.69) is 204 Å². The first-order valence-corrected chi connectivity index (χ1v) is 34.2. The van der Waals surface area contributed by atoms with E-state index in [4.69, 9.17) is 44.7 Å². The normalized spacial score (nSPS) is 11.5. The van der Waals surface area contributed by atoms with Crippen molar-refractivity contribution in [2.75, 3.05) is 14.2 Å². The van der Waals surface area contributed by atoms with Gasteiger partial charge in [0.05, 0.1) is 42.0 Å². The van der Waals surface area contributed by atoms with Crippen LogP contribution in [0.3, 0.4) is 0 Å². The number of fused-ring (bicyclic) bond motifs is 9. The van der Waals surface area contributed by atoms with Gasteiger partial charge in [-0.2, -0.15) is 13.2 Å². The molecule has 17 rings (SSSR count). The van der Waals surface area contributed by atoms with Gasteiger partial charge in [-0.05, 0) is 247 Å². The number of aromatic nitrogens is 12. The molecule has 0 unspecified atom stereocenters. The van der Waals surface area contributed by atoms with Crippen molar-refractivity contribution in [1.29, 1.82) is 0 Å². The van der Waals surface area contributed by atoms with Gasteiger partial charge in [0, 0.05) is 11.6 Å². The molecule has 0 saturated heterocycles. The number of methoxy groups -OCH3 is 2. The van der Waals surface area contributed by atoms with E-state index in [1.165, 1.54) is 66.2 Å². The zero-order valence-corrected chi connectivity index (χ0v) is 60.5. The largest absolute Gasteiger partial charge is 0.497 e. The Morgan fingerprint density at radius 3 is 1.06 bits per heavy atom. The number of aryl methyl sites for hydroxylation is 9. The van der Waals surface area contributed by atoms with Crippen LogP contribution < -0.4 is 28.2 Å². The molecule has 514 valence electrons. The zero-order chi connectivity index (χ0) is 73.0. The summed E-state index contributed by atoms with van der Waals surface area (Å²) in [4.78, 5) is 19.6. The van der Waals surface area contributed by atoms with E-state index in [1.807, 2.05) is 68.6 Å². The standard InChI is InChI=1S/C23H18N3.C22H19F3N3.C21H20N3O2.C21H20N3/c1-15-11-12-16-7-5-6-10-19(16)22(15)23-24-20-13-17-8-3-4-9-18(17)14-21(20)25-26(23)2;1-12-7-13(2)14(3)18(8-12)21-26-19-10-15-5-6-17(22(23,24)25)9-16(15)11-20(19)27-28(21)4;1-13-17(11-16(25-3)12-20(13)26-4)21-22-18-9-14-7-5-6-8-15(14)10-19(18)23-24(21)2;1-13-9-14(2)15(3)18(10-13)21-22-19-11-16-7-5-6-8-17(16)12-20(19)23-24(21)4/h3-14H,1-2H3;5-11H,1-4H3;5-12H,1-4H3;5-12H,1-4H3/q4*+1. The van der Waals surface area contributed by atoms with Crippen molar-refractivity contribution in [3.63, 3.8) is 0 Å². The Morgan fingerprint density at radius 2 is 0.654 bits per heavy atom. The summed E-state index contributed by atoms with van der Waals surface area (Å²) < 4.78 is 57.2. The fraction of sp³-hybridized carbons (Fsp3) is 0.172. The van der Waals surface area contributed by atoms with Crippen LogP contribution in [0, 0.1) is 55.4 Å². The van der Waals surface area contributed by atoms with Gasteiger partial charge >= 0.3 is 29.5 Å². The van der Waals surface area contributed by atoms with Crippen molar-refractivity contribution in [1.82, 2.24) is 40.3 Å². The SMILES string of the molecule is COc1cc(OC)c(C)c(-c2nc3cc4ccccc4cc3n[n+]2C)c1.Cc1cc(C)c(C)c(-c2nc3cc4ccc(C(F)(F)F)cc4cc3n[n+]2C)c1.Cc1cc(C)c(C)c(-c2nc3cc4ccccc4cc3n[n+]2C)c1.Cc1ccc2ccccc2c1-c1nc2cc3ccccc3cc2n[n+]1C. The minimum atomic E-state index is -4.37. The summed E-state index contributed by atoms with van der Waals surface area (Å²) in [5.41, 5.74) is 19.6. The van der Waals surface area contributed by atoms with Gasteiger partial charge in [-0.15, -0.1) is 18.7 Å². The molecule has 0 aliphatic rings. The lowest BCUT2D eigenvalue weighted by molar-refractivity contribution is -0.720. The van der Waals surface area contributed by atoms with Crippen molar-refractivity contribution in [2.24, 2.45) is 28.2 Å². The number of ether oxygens (including phenoxy) is 2. The highest BCUT2D eigenvalue weighted by Gasteiger charge is 2.31. The number of nitrogens with zero attached hydrogens (tertiary/aromatic N) is 12. The lowest BCUT2D eigenvalue weighted by Gasteiger charge is -2.11. The van der Waals surface area contributed by atoms with E-state index in [0.717, 1.165) is 130 Å². The van der Waals surface area contributed by atoms with Crippen LogP contribution in [0.2, 0.25) is 0 Å². The molecule has 104 heavy (non-hydrogen) atoms. The molecular formula is C87H77F3N12O2+4. The molecule has 0 atom stereocenters. The number of benzene rings is 13. The van der Waals surface area contributed by atoms with E-state index in [-0.39, 0.29) is 0 Å². The highest BCUT2D eigenvalue weighted by atomic mass is 19.4. The minimum absolute atomic E-state index is 0.493. The molecule has 0 amide bonds. The summed E-state index contributed by atoms with van der Waals surface area (Å²) in [6.07, 6.45) is -4.37. The molecule has 14 nitrogen and oxygen atoms in total. The maximum absolute atomic E-state index is 13.0. The molecule has 0 saturated carbocycles. The monoisotopic (exact) mass is 1380 g/mol. The van der Waals surface area contributed by atoms with Crippen molar-refractivity contribution < 1.29 is 41.4 Å². The maximum atomic E-state index is 13.0. The Morgan fingerprint density at radius 1 is 0.308 bits per heavy atom. The Balaban J connectivity index is 0.000000117. The molecule has 4 aromatic heterocycles. The maximum Gasteiger partial charge on any atom is 0.416 e. The topological polar surface area (TPSA) is 137 Å². The van der Waals surface area contributed by atoms with Crippen molar-refractivity contribution >= 4 is 98.0 Å². The van der Waals surface area contributed by atoms with Crippen LogP contribution in [0.25, 0.3) is 144 Å². The van der Waals surface area contributed by atoms with Crippen LogP contribution in [0.15, 0.2) is 212 Å². The minimum Gasteiger partial charge on any atom is -0.497 e. The molecule has 0 aliphatic carbocycles. The van der Waals surface area contributed by atoms with E-state index >= 15 is 0 Å². The lowest BCUT2D eigenvalue weighted by atomic mass is 9.99. The molecule has 0 bridgehead atoms. The predicted molar refractivity (Wildman–Crippen MR) is 408 cm³/mol. The third-order valence-electron chi connectivity index (χ3n) is 19.4. The summed E-state index contributed by atoms with van der Waals surface area (Å²) in [6.45, 7) is 16.7. The molecule has 13 aromatic carbocycles. The molecule has 17 aromatic rings. The zero-order valence-electron chi connectivity index (χ0n) is 60.5. The molecule has 0 spiro atoms. The molecule has 0 fully saturated rings. The van der Waals surface area contributed by atoms with E-state index in [0.29, 0.717) is 21.8 Å². The molecule has 0 N–H and O–H groups in total. The fourth-order valence-corrected chi connectivity index (χ4v) is 13.7. The number of rotatable bonds is 6. The smallest absolute Gasteiger partial charge is 0.416 e. The van der Waals surface area contributed by atoms with Crippen LogP contribution >= 0.6 is 0 Å². The quantitative estimate of drug-likeness (QED) is 0.117. The van der Waals surface area contributed by atoms with Crippen molar-refractivity contribution in [3.05, 3.63) is 262 Å². The third kappa shape index (κ3) is 13.6. The highest BCUT2D eigenvalue weighted by Crippen LogP contribution is 2.37. The van der Waals surface area contributed by atoms with E-state index in [9.17, 15) is 13.2 Å². The van der Waals surface area contributed by atoms with Gasteiger partial charge in [-0.25, -0.2) is 0 Å². The Bertz CT molecular complexity index is 6320. The van der Waals surface area contributed by atoms with E-state index in [1.54, 1.807) is 42.8 Å². The van der Waals surface area contributed by atoms with Gasteiger partial charge in [0.1, 0.15) is 39.7 Å². The van der Waals surface area contributed by atoms with Gasteiger partial charge in [0.2, 0.25) is 22.1 Å². The van der Waals surface area contributed by atoms with Gasteiger partial charge in [0.15, 0.2) is 22.1 Å². The average Bonchev–Trinajstić information content (AvgIpc) is 0.787. The second kappa shape index (κ2) is 27.9. The van der Waals surface area contributed by atoms with Gasteiger partial charge in [-0.1, -0.05) is 148 Å². The molecule has 17 heteroatoms. The van der Waals surface area contributed by atoms with Gasteiger partial charge < -0.3 is 9.47 Å². The Labute approximate surface area is 600 Å². The van der Waals surface area contributed by atoms with Crippen molar-refractivity contribution in [3.8, 4) is 57.1 Å². The second-order valence-corrected chi connectivity index (χ2v) is 26.7. The molecule has 0 aliphatic heterocycles. The van der Waals surface area contributed by atoms with Gasteiger partial charge in [-0.3, -0.25) is 0 Å². The summed E-state index contributed by atoms with van der Waals surface area (Å²) in [6, 6.07) is 69.9. The fourth-order valence-electron chi connectivity index (χ4n) is 13.7. The lowest BCUT2D eigenvalue weighted by Crippen LogP contribution is -2.37. The first-order chi connectivity index (χ1) is 50.0. The molecule has 0 radical (unpaired) electrons. The molecule has 4 heterocycles. The molecular weight excluding hydrogens is 1300 g/mol. The number of hydrogen-bond acceptors (Lipinski definition) is 10. The number of halogens is 3. The Kier molecular flexibility index (Phi) is 18.4. The summed E-state index contributed by atoms with van der Waals surface area (Å²) >= 11 is 0. The third-order valence-corrected chi connectivity index (χ3v) is 19.4. The summed E-state index contributed by atoms with van der Waals surface area (Å²) in [5, 5.41) is 29.5. The van der Waals surface area contributed by atoms with E-state index < -0.39 is 11.7 Å². The number of alkyl halides is 3. The second-order valence-electron chi connectivity index (χ2n) is 26.7. The van der Waals surface area contributed by atoms with Crippen LogP contribution in [0.4, 0.5) is 13.2 Å². The number of hydrogen-bond donors (Lipinski definition) is 0. The first kappa shape index (κ1) is 68.7. The summed E-state index contributed by atoms with van der Waals surface area (Å²) in [7, 11) is 10.9. The highest BCUT2D eigenvalue weighted by molar-refractivity contribution is 6.00. The summed E-state index contributed by atoms with van der Waals surface area (Å²) in [5.74, 6) is 4.78. The van der Waals surface area contributed by atoms with Crippen molar-refractivity contribution in [2.45, 2.75) is 61.6 Å². The average molecular weight is 1380 g/mol. The van der Waals surface area contributed by atoms with Crippen LogP contribution in [-0.4, -0.2) is 54.6 Å². The predicted octanol–water partition coefficient (Wildman–Crippen LogP) is 17.8. The van der Waals surface area contributed by atoms with Crippen LogP contribution in [0.5, 0.6) is 11.5 Å². The van der Waals surface area contributed by atoms with Gasteiger partial charge in [0.25, 0.3) is 0 Å². The first-order valence-electron chi connectivity index (χ1n) is 34.2.